The summed E-state index contributed by atoms with van der Waals surface area (Å²) < 4.78 is 54.1. The number of nitrogens with zero attached hydrogens (tertiary/aromatic N) is 1. The Labute approximate surface area is 200 Å². The predicted molar refractivity (Wildman–Crippen MR) is 115 cm³/mol. The summed E-state index contributed by atoms with van der Waals surface area (Å²) in [6.45, 7) is 1.85. The summed E-state index contributed by atoms with van der Waals surface area (Å²) in [6, 6.07) is 5.00. The van der Waals surface area contributed by atoms with Crippen molar-refractivity contribution in [3.05, 3.63) is 61.8 Å². The second-order valence-corrected chi connectivity index (χ2v) is 9.99. The number of methoxy groups -OCH3 is 1. The molecule has 1 aromatic heterocycles. The minimum atomic E-state index is -4.19. The van der Waals surface area contributed by atoms with E-state index in [0.717, 1.165) is 16.9 Å². The van der Waals surface area contributed by atoms with E-state index >= 15 is 0 Å². The van der Waals surface area contributed by atoms with Gasteiger partial charge >= 0.3 is 168 Å². The van der Waals surface area contributed by atoms with Crippen LogP contribution in [0, 0.1) is 5.92 Å². The molecule has 1 amide bonds. The first kappa shape index (κ1) is 23.6. The van der Waals surface area contributed by atoms with E-state index in [0.29, 0.717) is 28.6 Å². The molecule has 1 aliphatic carbocycles. The molecule has 33 heavy (non-hydrogen) atoms. The van der Waals surface area contributed by atoms with Gasteiger partial charge < -0.3 is 0 Å². The molecule has 2 aromatic rings. The zero-order valence-corrected chi connectivity index (χ0v) is 20.2. The Morgan fingerprint density at radius 1 is 1.33 bits per heavy atom. The molecule has 0 fully saturated rings. The summed E-state index contributed by atoms with van der Waals surface area (Å²) in [6.07, 6.45) is 0.896. The van der Waals surface area contributed by atoms with E-state index in [1.807, 2.05) is 15.1 Å². The molecular formula is C24H23F3IN2O3-. The van der Waals surface area contributed by atoms with Crippen LogP contribution in [-0.2, 0) is 4.74 Å². The van der Waals surface area contributed by atoms with Crippen molar-refractivity contribution in [2.45, 2.75) is 38.4 Å². The van der Waals surface area contributed by atoms with E-state index < -0.39 is 12.1 Å². The zero-order chi connectivity index (χ0) is 23.6. The number of rotatable bonds is 5. The number of pyridine rings is 1. The number of nitrogens with one attached hydrogen (secondary N) is 1. The molecule has 0 bridgehead atoms. The monoisotopic (exact) mass is 571 g/mol. The number of hydrogen-bond donors (Lipinski definition) is 1. The third kappa shape index (κ3) is 5.34. The van der Waals surface area contributed by atoms with Crippen LogP contribution in [0.2, 0.25) is 0 Å². The standard InChI is InChI=1S/C24H23F3IN2O3/c1-14(21-12-28-7-8-33-21)30-23(31)17-9-16-10-19(32-2)11-20(22(16)29-13-17)15-3-5-18(6-4-15)24(25,26)27/h3,7-14,18H,4-6H2,1-2H3,(H,30,31)/q-1/t14-,18?/m1/s1. The van der Waals surface area contributed by atoms with Gasteiger partial charge in [-0.25, -0.2) is 0 Å². The number of halogens is 4. The van der Waals surface area contributed by atoms with Crippen LogP contribution >= 0.6 is 0 Å². The molecule has 2 atom stereocenters. The van der Waals surface area contributed by atoms with E-state index in [9.17, 15) is 18.0 Å². The van der Waals surface area contributed by atoms with Gasteiger partial charge in [0.1, 0.15) is 0 Å². The summed E-state index contributed by atoms with van der Waals surface area (Å²) in [7, 11) is 1.53. The van der Waals surface area contributed by atoms with Gasteiger partial charge in [0.25, 0.3) is 0 Å². The van der Waals surface area contributed by atoms with Gasteiger partial charge in [0, 0.05) is 0 Å². The van der Waals surface area contributed by atoms with E-state index in [-0.39, 0.29) is 46.0 Å². The average molecular weight is 571 g/mol. The van der Waals surface area contributed by atoms with Crippen molar-refractivity contribution in [2.75, 3.05) is 7.11 Å². The number of allylic oxidation sites excluding steroid dienone is 2. The van der Waals surface area contributed by atoms with Crippen LogP contribution < -0.4 is 31.3 Å². The van der Waals surface area contributed by atoms with Crippen molar-refractivity contribution in [3.8, 4) is 5.75 Å². The number of hydrogen-bond acceptors (Lipinski definition) is 4. The molecule has 0 radical (unpaired) electrons. The molecule has 4 rings (SSSR count). The van der Waals surface area contributed by atoms with Crippen LogP contribution in [0.5, 0.6) is 5.75 Å². The number of benzene rings is 1. The van der Waals surface area contributed by atoms with Crippen LogP contribution in [0.1, 0.15) is 42.1 Å². The van der Waals surface area contributed by atoms with E-state index in [1.54, 1.807) is 30.5 Å². The van der Waals surface area contributed by atoms with Crippen LogP contribution in [0.15, 0.2) is 50.7 Å². The average Bonchev–Trinajstić information content (AvgIpc) is 2.83. The maximum absolute atomic E-state index is 13.1. The first-order chi connectivity index (χ1) is 15.8. The van der Waals surface area contributed by atoms with Gasteiger partial charge in [-0.2, -0.15) is 13.2 Å². The van der Waals surface area contributed by atoms with Gasteiger partial charge in [-0.15, -0.1) is 0 Å². The Kier molecular flexibility index (Phi) is 6.96. The molecule has 1 unspecified atom stereocenters. The van der Waals surface area contributed by atoms with Crippen LogP contribution in [-0.4, -0.2) is 30.2 Å². The van der Waals surface area contributed by atoms with Crippen molar-refractivity contribution in [1.29, 1.82) is 0 Å². The fourth-order valence-corrected chi connectivity index (χ4v) is 5.46. The normalized spacial score (nSPS) is 19.6. The molecule has 176 valence electrons. The number of aromatic nitrogens is 1. The number of alkyl halides is 3. The third-order valence-electron chi connectivity index (χ3n) is 5.75. The first-order valence-corrected chi connectivity index (χ1v) is 12.9. The predicted octanol–water partition coefficient (Wildman–Crippen LogP) is 2.54. The van der Waals surface area contributed by atoms with Gasteiger partial charge in [0.15, 0.2) is 0 Å². The molecule has 5 nitrogen and oxygen atoms in total. The molecule has 9 heteroatoms. The molecule has 2 aliphatic rings. The quantitative estimate of drug-likeness (QED) is 0.561. The van der Waals surface area contributed by atoms with Gasteiger partial charge in [-0.3, -0.25) is 0 Å². The summed E-state index contributed by atoms with van der Waals surface area (Å²) >= 11 is -0.203. The van der Waals surface area contributed by atoms with Crippen LogP contribution in [0.25, 0.3) is 16.5 Å². The Hall–Kier alpha value is -2.56. The fraction of sp³-hybridized carbons (Fsp3) is 0.333. The molecule has 1 N–H and O–H groups in total. The van der Waals surface area contributed by atoms with Crippen molar-refractivity contribution >= 4 is 22.4 Å². The Morgan fingerprint density at radius 2 is 2.15 bits per heavy atom. The number of ether oxygens (including phenoxy) is 2. The summed E-state index contributed by atoms with van der Waals surface area (Å²) in [5, 5.41) is 3.60. The Balaban J connectivity index is 1.61. The maximum atomic E-state index is 13.1. The second kappa shape index (κ2) is 9.74. The van der Waals surface area contributed by atoms with Crippen molar-refractivity contribution in [3.63, 3.8) is 0 Å². The van der Waals surface area contributed by atoms with Gasteiger partial charge in [0.2, 0.25) is 0 Å². The van der Waals surface area contributed by atoms with Crippen molar-refractivity contribution in [1.82, 2.24) is 10.3 Å². The zero-order valence-electron chi connectivity index (χ0n) is 18.1. The number of fused-ring (bicyclic) bond motifs is 1. The molecule has 0 saturated heterocycles. The summed E-state index contributed by atoms with van der Waals surface area (Å²) in [5.41, 5.74) is 2.56. The third-order valence-corrected chi connectivity index (χ3v) is 7.43. The molecule has 0 spiro atoms. The topological polar surface area (TPSA) is 60.5 Å². The van der Waals surface area contributed by atoms with Gasteiger partial charge in [-0.1, -0.05) is 0 Å². The number of amides is 1. The van der Waals surface area contributed by atoms with Crippen molar-refractivity contribution < 1.29 is 48.6 Å². The second-order valence-electron chi connectivity index (χ2n) is 7.93. The van der Waals surface area contributed by atoms with Crippen LogP contribution in [0.4, 0.5) is 13.2 Å². The Bertz CT molecular complexity index is 1160. The van der Waals surface area contributed by atoms with Gasteiger partial charge in [0.05, 0.1) is 5.92 Å². The van der Waals surface area contributed by atoms with E-state index in [1.165, 1.54) is 13.3 Å². The van der Waals surface area contributed by atoms with Crippen molar-refractivity contribution in [2.24, 2.45) is 5.92 Å². The SMILES string of the molecule is COc1cc(C2=CCC(C(F)(F)F)CC2)c2ncc(C(=O)N[C@H](C)C3=C[I-]C=CO3)cc2c1. The fourth-order valence-electron chi connectivity index (χ4n) is 3.89. The Morgan fingerprint density at radius 3 is 2.79 bits per heavy atom. The van der Waals surface area contributed by atoms with E-state index in [4.69, 9.17) is 9.47 Å². The first-order valence-electron chi connectivity index (χ1n) is 10.4. The minimum absolute atomic E-state index is 0.0434. The molecular weight excluding hydrogens is 548 g/mol. The number of carbonyl (C=O) groups is 1. The van der Waals surface area contributed by atoms with Crippen LogP contribution in [0.3, 0.4) is 0 Å². The molecule has 2 heterocycles. The number of carbonyl (C=O) groups excluding carboxylic acids is 1. The summed E-state index contributed by atoms with van der Waals surface area (Å²) in [4.78, 5) is 17.3. The van der Waals surface area contributed by atoms with Gasteiger partial charge in [-0.05, 0) is 12.8 Å². The van der Waals surface area contributed by atoms with E-state index in [2.05, 4.69) is 10.3 Å². The molecule has 1 aliphatic heterocycles. The summed E-state index contributed by atoms with van der Waals surface area (Å²) in [5.74, 6) is -0.328. The molecule has 1 aromatic carbocycles. The molecule has 0 saturated carbocycles.